The van der Waals surface area contributed by atoms with Crippen molar-refractivity contribution in [1.82, 2.24) is 9.55 Å². The van der Waals surface area contributed by atoms with Gasteiger partial charge < -0.3 is 25.4 Å². The van der Waals surface area contributed by atoms with Gasteiger partial charge in [0.1, 0.15) is 24.1 Å². The molecule has 2 heterocycles. The third kappa shape index (κ3) is 7.16. The van der Waals surface area contributed by atoms with Crippen molar-refractivity contribution >= 4 is 11.7 Å². The predicted molar refractivity (Wildman–Crippen MR) is 112 cm³/mol. The normalized spacial score (nSPS) is 23.6. The largest absolute Gasteiger partial charge is 0.394 e. The van der Waals surface area contributed by atoms with Crippen LogP contribution in [-0.2, 0) is 9.53 Å². The van der Waals surface area contributed by atoms with Gasteiger partial charge in [0.2, 0.25) is 5.91 Å². The fourth-order valence-electron chi connectivity index (χ4n) is 3.59. The molecule has 2 rings (SSSR count). The maximum absolute atomic E-state index is 12.2. The molecule has 1 unspecified atom stereocenters. The van der Waals surface area contributed by atoms with E-state index in [0.29, 0.717) is 6.42 Å². The first-order chi connectivity index (χ1) is 14.5. The Labute approximate surface area is 177 Å². The van der Waals surface area contributed by atoms with E-state index in [1.165, 1.54) is 50.8 Å². The molecule has 1 fully saturated rings. The van der Waals surface area contributed by atoms with Crippen molar-refractivity contribution in [3.63, 3.8) is 0 Å². The fourth-order valence-corrected chi connectivity index (χ4v) is 3.59. The van der Waals surface area contributed by atoms with Crippen molar-refractivity contribution in [2.24, 2.45) is 0 Å². The minimum absolute atomic E-state index is 0.129. The van der Waals surface area contributed by atoms with Crippen LogP contribution in [0.25, 0.3) is 0 Å². The monoisotopic (exact) mass is 425 g/mol. The number of amides is 1. The predicted octanol–water partition coefficient (Wildman–Crippen LogP) is 1.71. The van der Waals surface area contributed by atoms with Gasteiger partial charge in [-0.15, -0.1) is 0 Å². The molecule has 0 saturated carbocycles. The van der Waals surface area contributed by atoms with Gasteiger partial charge in [0.15, 0.2) is 6.23 Å². The molecule has 1 aromatic heterocycles. The lowest BCUT2D eigenvalue weighted by molar-refractivity contribution is -0.116. The van der Waals surface area contributed by atoms with E-state index in [1.807, 2.05) is 0 Å². The first kappa shape index (κ1) is 24.5. The summed E-state index contributed by atoms with van der Waals surface area (Å²) < 4.78 is 6.35. The lowest BCUT2D eigenvalue weighted by Crippen LogP contribution is -2.36. The lowest BCUT2D eigenvalue weighted by atomic mass is 10.1. The summed E-state index contributed by atoms with van der Waals surface area (Å²) in [5.41, 5.74) is -0.731. The maximum Gasteiger partial charge on any atom is 0.351 e. The van der Waals surface area contributed by atoms with Crippen LogP contribution in [0.1, 0.15) is 77.4 Å². The van der Waals surface area contributed by atoms with Crippen LogP contribution >= 0.6 is 0 Å². The zero-order valence-electron chi connectivity index (χ0n) is 17.7. The molecule has 9 nitrogen and oxygen atoms in total. The van der Waals surface area contributed by atoms with Crippen LogP contribution in [0.2, 0.25) is 0 Å². The van der Waals surface area contributed by atoms with Crippen LogP contribution < -0.4 is 11.0 Å². The minimum atomic E-state index is -1.37. The van der Waals surface area contributed by atoms with Crippen molar-refractivity contribution in [3.05, 3.63) is 22.7 Å². The molecule has 0 bridgehead atoms. The van der Waals surface area contributed by atoms with Gasteiger partial charge >= 0.3 is 5.69 Å². The van der Waals surface area contributed by atoms with Gasteiger partial charge in [0, 0.05) is 12.6 Å². The van der Waals surface area contributed by atoms with Crippen LogP contribution in [0.5, 0.6) is 0 Å². The second kappa shape index (κ2) is 12.8. The Kier molecular flexibility index (Phi) is 10.4. The Bertz CT molecular complexity index is 710. The van der Waals surface area contributed by atoms with Crippen molar-refractivity contribution in [3.8, 4) is 0 Å². The number of carbonyl (C=O) groups is 1. The zero-order chi connectivity index (χ0) is 21.9. The third-order valence-electron chi connectivity index (χ3n) is 5.40. The Morgan fingerprint density at radius 3 is 2.30 bits per heavy atom. The van der Waals surface area contributed by atoms with E-state index >= 15 is 0 Å². The number of carbonyl (C=O) groups excluding carboxylic acids is 1. The molecular formula is C21H35N3O6. The summed E-state index contributed by atoms with van der Waals surface area (Å²) in [5, 5.41) is 31.6. The number of aliphatic hydroxyl groups excluding tert-OH is 3. The molecule has 1 aromatic rings. The molecule has 4 N–H and O–H groups in total. The molecule has 0 spiro atoms. The number of nitrogens with zero attached hydrogens (tertiary/aromatic N) is 2. The lowest BCUT2D eigenvalue weighted by Gasteiger charge is -2.17. The molecule has 170 valence electrons. The second-order valence-electron chi connectivity index (χ2n) is 7.86. The van der Waals surface area contributed by atoms with Crippen molar-refractivity contribution < 1.29 is 24.9 Å². The number of rotatable bonds is 13. The standard InChI is InChI=1S/C21H35N3O6/c1-2-3-4-5-6-7-8-9-10-11-17(26)22-16-12-13-24(21(29)23-16)20-19(28)18(27)15(14-25)30-20/h12-13,15,18-20,25,27-28H,2-11,14H2,1H3,(H,22,23,26,29)/t15-,18-,19+,20?/m1/s1. The van der Waals surface area contributed by atoms with Crippen LogP contribution in [0, 0.1) is 0 Å². The Hall–Kier alpha value is -1.81. The van der Waals surface area contributed by atoms with Gasteiger partial charge in [0.05, 0.1) is 6.61 Å². The van der Waals surface area contributed by atoms with Gasteiger partial charge in [-0.2, -0.15) is 4.98 Å². The summed E-state index contributed by atoms with van der Waals surface area (Å²) in [6, 6.07) is 1.43. The second-order valence-corrected chi connectivity index (χ2v) is 7.86. The van der Waals surface area contributed by atoms with Crippen LogP contribution in [0.4, 0.5) is 5.82 Å². The summed E-state index contributed by atoms with van der Waals surface area (Å²) in [5.74, 6) is -0.0700. The number of unbranched alkanes of at least 4 members (excludes halogenated alkanes) is 8. The number of ether oxygens (including phenoxy) is 1. The van der Waals surface area contributed by atoms with E-state index < -0.39 is 36.8 Å². The number of hydrogen-bond acceptors (Lipinski definition) is 7. The van der Waals surface area contributed by atoms with Crippen molar-refractivity contribution in [1.29, 1.82) is 0 Å². The number of hydrogen-bond donors (Lipinski definition) is 4. The Morgan fingerprint density at radius 1 is 1.10 bits per heavy atom. The third-order valence-corrected chi connectivity index (χ3v) is 5.40. The smallest absolute Gasteiger partial charge is 0.351 e. The van der Waals surface area contributed by atoms with Crippen molar-refractivity contribution in [2.45, 2.75) is 95.7 Å². The van der Waals surface area contributed by atoms with E-state index in [1.54, 1.807) is 0 Å². The summed E-state index contributed by atoms with van der Waals surface area (Å²) in [6.07, 6.45) is 7.43. The SMILES string of the molecule is CCCCCCCCCCCC(=O)Nc1ccn(C2O[C@H](CO)[C@@H](O)[C@@H]2O)c(=O)n1. The number of nitrogens with one attached hydrogen (secondary N) is 1. The van der Waals surface area contributed by atoms with E-state index in [0.717, 1.165) is 23.8 Å². The molecule has 0 aromatic carbocycles. The zero-order valence-corrected chi connectivity index (χ0v) is 17.7. The summed E-state index contributed by atoms with van der Waals surface area (Å²) >= 11 is 0. The van der Waals surface area contributed by atoms with E-state index in [2.05, 4.69) is 17.2 Å². The highest BCUT2D eigenvalue weighted by molar-refractivity contribution is 5.89. The molecular weight excluding hydrogens is 390 g/mol. The van der Waals surface area contributed by atoms with E-state index in [9.17, 15) is 19.8 Å². The molecule has 30 heavy (non-hydrogen) atoms. The molecule has 4 atom stereocenters. The van der Waals surface area contributed by atoms with E-state index in [-0.39, 0.29) is 11.7 Å². The van der Waals surface area contributed by atoms with E-state index in [4.69, 9.17) is 9.84 Å². The van der Waals surface area contributed by atoms with Gasteiger partial charge in [-0.05, 0) is 12.5 Å². The maximum atomic E-state index is 12.2. The summed E-state index contributed by atoms with van der Waals surface area (Å²) in [7, 11) is 0. The van der Waals surface area contributed by atoms with Gasteiger partial charge in [-0.3, -0.25) is 9.36 Å². The van der Waals surface area contributed by atoms with Gasteiger partial charge in [-0.1, -0.05) is 58.3 Å². The first-order valence-corrected chi connectivity index (χ1v) is 11.0. The van der Waals surface area contributed by atoms with Crippen LogP contribution in [0.15, 0.2) is 17.1 Å². The summed E-state index contributed by atoms with van der Waals surface area (Å²) in [6.45, 7) is 1.72. The van der Waals surface area contributed by atoms with Crippen LogP contribution in [-0.4, -0.2) is 55.7 Å². The molecule has 0 radical (unpaired) electrons. The molecule has 0 aliphatic carbocycles. The van der Waals surface area contributed by atoms with Crippen molar-refractivity contribution in [2.75, 3.05) is 11.9 Å². The molecule has 1 amide bonds. The topological polar surface area (TPSA) is 134 Å². The number of anilines is 1. The minimum Gasteiger partial charge on any atom is -0.394 e. The average molecular weight is 426 g/mol. The van der Waals surface area contributed by atoms with Crippen LogP contribution in [0.3, 0.4) is 0 Å². The Balaban J connectivity index is 1.73. The molecule has 1 saturated heterocycles. The molecule has 1 aliphatic heterocycles. The molecule has 9 heteroatoms. The quantitative estimate of drug-likeness (QED) is 0.354. The molecule has 1 aliphatic rings. The fraction of sp³-hybridized carbons (Fsp3) is 0.762. The highest BCUT2D eigenvalue weighted by atomic mass is 16.6. The number of aliphatic hydroxyl groups is 3. The first-order valence-electron chi connectivity index (χ1n) is 11.0. The summed E-state index contributed by atoms with van der Waals surface area (Å²) in [4.78, 5) is 28.1. The Morgan fingerprint density at radius 2 is 1.73 bits per heavy atom. The highest BCUT2D eigenvalue weighted by Gasteiger charge is 2.43. The average Bonchev–Trinajstić information content (AvgIpc) is 3.01. The van der Waals surface area contributed by atoms with Gasteiger partial charge in [-0.25, -0.2) is 4.79 Å². The highest BCUT2D eigenvalue weighted by Crippen LogP contribution is 2.28. The number of aromatic nitrogens is 2. The van der Waals surface area contributed by atoms with Gasteiger partial charge in [0.25, 0.3) is 0 Å².